The summed E-state index contributed by atoms with van der Waals surface area (Å²) in [5.74, 6) is 1.90. The molecule has 1 aromatic carbocycles. The molecule has 0 amide bonds. The summed E-state index contributed by atoms with van der Waals surface area (Å²) in [4.78, 5) is 11.0. The molecule has 130 valence electrons. The average Bonchev–Trinajstić information content (AvgIpc) is 3.10. The Morgan fingerprint density at radius 2 is 1.88 bits per heavy atom. The molecule has 0 radical (unpaired) electrons. The van der Waals surface area contributed by atoms with E-state index in [1.807, 2.05) is 54.4 Å². The first kappa shape index (κ1) is 17.4. The van der Waals surface area contributed by atoms with Gasteiger partial charge in [-0.2, -0.15) is 4.98 Å². The van der Waals surface area contributed by atoms with Crippen molar-refractivity contribution in [1.82, 2.24) is 15.1 Å². The molecule has 0 unspecified atom stereocenters. The Hall–Kier alpha value is -2.44. The molecular formula is C18H20ClN5O. The zero-order valence-electron chi connectivity index (χ0n) is 13.9. The lowest BCUT2D eigenvalue weighted by molar-refractivity contribution is 0.229. The number of benzene rings is 1. The van der Waals surface area contributed by atoms with Crippen LogP contribution < -0.4 is 10.6 Å². The summed E-state index contributed by atoms with van der Waals surface area (Å²) in [7, 11) is 1.98. The number of rotatable bonds is 4. The number of aromatic nitrogens is 3. The number of nitrogens with zero attached hydrogens (tertiary/aromatic N) is 4. The predicted octanol–water partition coefficient (Wildman–Crippen LogP) is 3.66. The Morgan fingerprint density at radius 3 is 2.48 bits per heavy atom. The van der Waals surface area contributed by atoms with Gasteiger partial charge in [0.25, 0.3) is 5.89 Å². The molecule has 0 bridgehead atoms. The maximum atomic E-state index is 6.24. The number of para-hydroxylation sites is 1. The molecule has 2 heterocycles. The molecule has 0 saturated heterocycles. The van der Waals surface area contributed by atoms with Gasteiger partial charge in [0.15, 0.2) is 5.82 Å². The Morgan fingerprint density at radius 1 is 1.12 bits per heavy atom. The fourth-order valence-electron chi connectivity index (χ4n) is 2.82. The third kappa shape index (κ3) is 3.23. The van der Waals surface area contributed by atoms with Crippen LogP contribution in [0.4, 0.5) is 11.5 Å². The Balaban J connectivity index is 0.00000182. The smallest absolute Gasteiger partial charge is 0.259 e. The van der Waals surface area contributed by atoms with Crippen LogP contribution in [0, 0.1) is 0 Å². The Labute approximate surface area is 152 Å². The number of pyridine rings is 1. The molecule has 2 N–H and O–H groups in total. The highest BCUT2D eigenvalue weighted by atomic mass is 35.5. The van der Waals surface area contributed by atoms with Gasteiger partial charge >= 0.3 is 0 Å². The van der Waals surface area contributed by atoms with Crippen molar-refractivity contribution in [3.63, 3.8) is 0 Å². The number of nitrogens with two attached hydrogens (primary N) is 1. The van der Waals surface area contributed by atoms with Crippen molar-refractivity contribution in [2.45, 2.75) is 24.8 Å². The number of anilines is 2. The van der Waals surface area contributed by atoms with Crippen LogP contribution in [0.25, 0.3) is 11.5 Å². The summed E-state index contributed by atoms with van der Waals surface area (Å²) in [6, 6.07) is 14.0. The molecule has 3 aromatic rings. The van der Waals surface area contributed by atoms with Crippen molar-refractivity contribution in [3.8, 4) is 11.5 Å². The third-order valence-corrected chi connectivity index (χ3v) is 4.60. The maximum absolute atomic E-state index is 6.24. The van der Waals surface area contributed by atoms with Gasteiger partial charge < -0.3 is 15.2 Å². The van der Waals surface area contributed by atoms with Crippen molar-refractivity contribution in [3.05, 3.63) is 54.5 Å². The zero-order valence-corrected chi connectivity index (χ0v) is 14.7. The molecule has 6 nitrogen and oxygen atoms in total. The molecule has 7 heteroatoms. The largest absolute Gasteiger partial charge is 0.334 e. The summed E-state index contributed by atoms with van der Waals surface area (Å²) >= 11 is 0. The van der Waals surface area contributed by atoms with Gasteiger partial charge in [0.2, 0.25) is 0 Å². The van der Waals surface area contributed by atoms with Gasteiger partial charge in [-0.3, -0.25) is 0 Å². The van der Waals surface area contributed by atoms with E-state index in [1.165, 1.54) is 0 Å². The Bertz CT molecular complexity index is 830. The fraction of sp³-hybridized carbons (Fsp3) is 0.278. The molecule has 0 atom stereocenters. The molecule has 1 saturated carbocycles. The predicted molar refractivity (Wildman–Crippen MR) is 99.0 cm³/mol. The minimum absolute atomic E-state index is 0. The lowest BCUT2D eigenvalue weighted by Gasteiger charge is -2.34. The van der Waals surface area contributed by atoms with Crippen LogP contribution in [0.15, 0.2) is 53.2 Å². The van der Waals surface area contributed by atoms with E-state index < -0.39 is 5.54 Å². The van der Waals surface area contributed by atoms with Crippen molar-refractivity contribution in [2.75, 3.05) is 11.9 Å². The number of hydrogen-bond acceptors (Lipinski definition) is 6. The summed E-state index contributed by atoms with van der Waals surface area (Å²) in [6.45, 7) is 0. The standard InChI is InChI=1S/C18H19N5O.ClH/c1-23(14-6-3-2-4-7-14)15-9-8-13(12-20-15)16-21-17(22-24-16)18(19)10-5-11-18;/h2-4,6-9,12H,5,10-11,19H2,1H3;1H. The van der Waals surface area contributed by atoms with Gasteiger partial charge in [-0.1, -0.05) is 23.4 Å². The van der Waals surface area contributed by atoms with Gasteiger partial charge in [-0.15, -0.1) is 12.4 Å². The third-order valence-electron chi connectivity index (χ3n) is 4.60. The van der Waals surface area contributed by atoms with Crippen LogP contribution in [-0.4, -0.2) is 22.2 Å². The van der Waals surface area contributed by atoms with Gasteiger partial charge in [0, 0.05) is 18.9 Å². The highest BCUT2D eigenvalue weighted by Gasteiger charge is 2.39. The van der Waals surface area contributed by atoms with Crippen molar-refractivity contribution < 1.29 is 4.52 Å². The average molecular weight is 358 g/mol. The lowest BCUT2D eigenvalue weighted by atomic mass is 9.77. The molecule has 1 aliphatic carbocycles. The molecule has 1 aliphatic rings. The van der Waals surface area contributed by atoms with Crippen LogP contribution in [-0.2, 0) is 5.54 Å². The van der Waals surface area contributed by atoms with Gasteiger partial charge in [-0.05, 0) is 43.5 Å². The second-order valence-corrected chi connectivity index (χ2v) is 6.23. The number of halogens is 1. The minimum Gasteiger partial charge on any atom is -0.334 e. The first-order valence-electron chi connectivity index (χ1n) is 8.04. The van der Waals surface area contributed by atoms with Crippen molar-refractivity contribution in [1.29, 1.82) is 0 Å². The van der Waals surface area contributed by atoms with Gasteiger partial charge in [-0.25, -0.2) is 4.98 Å². The second-order valence-electron chi connectivity index (χ2n) is 6.23. The molecule has 4 rings (SSSR count). The van der Waals surface area contributed by atoms with E-state index in [-0.39, 0.29) is 12.4 Å². The van der Waals surface area contributed by atoms with E-state index >= 15 is 0 Å². The normalized spacial score (nSPS) is 15.1. The summed E-state index contributed by atoms with van der Waals surface area (Å²) in [5, 5.41) is 4.04. The van der Waals surface area contributed by atoms with Crippen LogP contribution in [0.5, 0.6) is 0 Å². The second kappa shape index (κ2) is 6.82. The minimum atomic E-state index is -0.414. The van der Waals surface area contributed by atoms with Gasteiger partial charge in [0.05, 0.1) is 11.1 Å². The van der Waals surface area contributed by atoms with Crippen LogP contribution in [0.2, 0.25) is 0 Å². The Kier molecular flexibility index (Phi) is 4.74. The van der Waals surface area contributed by atoms with Crippen LogP contribution in [0.3, 0.4) is 0 Å². The molecule has 2 aromatic heterocycles. The molecule has 1 fully saturated rings. The fourth-order valence-corrected chi connectivity index (χ4v) is 2.82. The monoisotopic (exact) mass is 357 g/mol. The highest BCUT2D eigenvalue weighted by Crippen LogP contribution is 2.37. The van der Waals surface area contributed by atoms with E-state index in [2.05, 4.69) is 15.1 Å². The van der Waals surface area contributed by atoms with Crippen molar-refractivity contribution in [2.24, 2.45) is 5.73 Å². The summed E-state index contributed by atoms with van der Waals surface area (Å²) in [5.41, 5.74) is 7.69. The number of hydrogen-bond donors (Lipinski definition) is 1. The van der Waals surface area contributed by atoms with E-state index in [0.29, 0.717) is 11.7 Å². The zero-order chi connectivity index (χ0) is 16.6. The van der Waals surface area contributed by atoms with Gasteiger partial charge in [0.1, 0.15) is 5.82 Å². The molecule has 0 aliphatic heterocycles. The summed E-state index contributed by atoms with van der Waals surface area (Å²) < 4.78 is 5.36. The quantitative estimate of drug-likeness (QED) is 0.767. The molecule has 0 spiro atoms. The highest BCUT2D eigenvalue weighted by molar-refractivity contribution is 5.85. The van der Waals surface area contributed by atoms with E-state index in [0.717, 1.165) is 36.3 Å². The lowest BCUT2D eigenvalue weighted by Crippen LogP contribution is -2.44. The van der Waals surface area contributed by atoms with E-state index in [9.17, 15) is 0 Å². The molecule has 25 heavy (non-hydrogen) atoms. The maximum Gasteiger partial charge on any atom is 0.259 e. The SMILES string of the molecule is CN(c1ccccc1)c1ccc(-c2nc(C3(N)CCC3)no2)cn1.Cl. The van der Waals surface area contributed by atoms with E-state index in [1.54, 1.807) is 6.20 Å². The summed E-state index contributed by atoms with van der Waals surface area (Å²) in [6.07, 6.45) is 4.68. The van der Waals surface area contributed by atoms with Crippen LogP contribution >= 0.6 is 12.4 Å². The van der Waals surface area contributed by atoms with Crippen LogP contribution in [0.1, 0.15) is 25.1 Å². The van der Waals surface area contributed by atoms with E-state index in [4.69, 9.17) is 10.3 Å². The first-order chi connectivity index (χ1) is 11.7. The topological polar surface area (TPSA) is 81.1 Å². The first-order valence-corrected chi connectivity index (χ1v) is 8.04. The van der Waals surface area contributed by atoms with Crippen molar-refractivity contribution >= 4 is 23.9 Å². The molecular weight excluding hydrogens is 338 g/mol.